The standard InChI is InChI=1S/C9H16O4.C3H4O2/c1-3-4-5-6-9(12,13)7(2)8(10)11;1-2-3(4)5/h12-13H,2-6H2,1H3,(H,10,11);2H,1H2,(H,4,5). The van der Waals surface area contributed by atoms with Gasteiger partial charge in [-0.25, -0.2) is 9.59 Å². The van der Waals surface area contributed by atoms with Gasteiger partial charge in [-0.1, -0.05) is 32.9 Å². The first-order valence-electron chi connectivity index (χ1n) is 5.41. The molecule has 0 atom stereocenters. The summed E-state index contributed by atoms with van der Waals surface area (Å²) in [6, 6.07) is 0. The van der Waals surface area contributed by atoms with E-state index in [0.717, 1.165) is 18.9 Å². The van der Waals surface area contributed by atoms with Gasteiger partial charge in [0.15, 0.2) is 5.79 Å². The summed E-state index contributed by atoms with van der Waals surface area (Å²) in [5.74, 6) is -4.62. The van der Waals surface area contributed by atoms with Gasteiger partial charge in [0.25, 0.3) is 0 Å². The van der Waals surface area contributed by atoms with Crippen LogP contribution in [0, 0.1) is 0 Å². The van der Waals surface area contributed by atoms with E-state index in [0.29, 0.717) is 6.42 Å². The molecule has 0 amide bonds. The van der Waals surface area contributed by atoms with Crippen LogP contribution in [0.4, 0.5) is 0 Å². The zero-order chi connectivity index (χ0) is 14.8. The van der Waals surface area contributed by atoms with E-state index in [2.05, 4.69) is 13.2 Å². The zero-order valence-electron chi connectivity index (χ0n) is 10.4. The Kier molecular flexibility index (Phi) is 9.74. The molecule has 0 rings (SSSR count). The summed E-state index contributed by atoms with van der Waals surface area (Å²) in [5, 5.41) is 34.6. The smallest absolute Gasteiger partial charge is 0.336 e. The van der Waals surface area contributed by atoms with Crippen molar-refractivity contribution in [3.63, 3.8) is 0 Å². The van der Waals surface area contributed by atoms with Gasteiger partial charge in [0.2, 0.25) is 0 Å². The molecule has 0 spiro atoms. The van der Waals surface area contributed by atoms with Gasteiger partial charge in [-0.2, -0.15) is 0 Å². The number of hydrogen-bond donors (Lipinski definition) is 4. The molecule has 0 heterocycles. The molecule has 0 aromatic heterocycles. The molecule has 18 heavy (non-hydrogen) atoms. The average molecular weight is 260 g/mol. The first-order chi connectivity index (χ1) is 8.18. The highest BCUT2D eigenvalue weighted by molar-refractivity contribution is 5.87. The molecule has 0 bridgehead atoms. The first-order valence-corrected chi connectivity index (χ1v) is 5.41. The Labute approximate surface area is 106 Å². The third-order valence-electron chi connectivity index (χ3n) is 2.05. The molecule has 0 aromatic rings. The molecule has 4 N–H and O–H groups in total. The fourth-order valence-electron chi connectivity index (χ4n) is 0.944. The van der Waals surface area contributed by atoms with Crippen molar-refractivity contribution >= 4 is 11.9 Å². The highest BCUT2D eigenvalue weighted by Crippen LogP contribution is 2.19. The quantitative estimate of drug-likeness (QED) is 0.310. The Balaban J connectivity index is 0. The van der Waals surface area contributed by atoms with Gasteiger partial charge in [-0.3, -0.25) is 0 Å². The van der Waals surface area contributed by atoms with Crippen LogP contribution in [-0.4, -0.2) is 38.2 Å². The topological polar surface area (TPSA) is 115 Å². The summed E-state index contributed by atoms with van der Waals surface area (Å²) in [5.41, 5.74) is -0.566. The number of aliphatic hydroxyl groups is 2. The second kappa shape index (κ2) is 9.38. The van der Waals surface area contributed by atoms with Crippen LogP contribution in [0.15, 0.2) is 24.8 Å². The second-order valence-corrected chi connectivity index (χ2v) is 3.60. The summed E-state index contributed by atoms with van der Waals surface area (Å²) >= 11 is 0. The summed E-state index contributed by atoms with van der Waals surface area (Å²) in [6.45, 7) is 8.04. The molecule has 104 valence electrons. The van der Waals surface area contributed by atoms with Crippen molar-refractivity contribution < 1.29 is 30.0 Å². The lowest BCUT2D eigenvalue weighted by Crippen LogP contribution is -2.33. The third kappa shape index (κ3) is 9.56. The Morgan fingerprint density at radius 3 is 1.94 bits per heavy atom. The van der Waals surface area contributed by atoms with Crippen molar-refractivity contribution in [2.24, 2.45) is 0 Å². The number of carboxylic acid groups (broad SMARTS) is 2. The van der Waals surface area contributed by atoms with Gasteiger partial charge in [0.05, 0.1) is 5.57 Å². The lowest BCUT2D eigenvalue weighted by Gasteiger charge is -2.21. The first kappa shape index (κ1) is 18.7. The Morgan fingerprint density at radius 1 is 1.22 bits per heavy atom. The number of carboxylic acids is 2. The third-order valence-corrected chi connectivity index (χ3v) is 2.05. The van der Waals surface area contributed by atoms with Gasteiger partial charge in [0, 0.05) is 12.5 Å². The fraction of sp³-hybridized carbons (Fsp3) is 0.500. The number of rotatable bonds is 7. The van der Waals surface area contributed by atoms with E-state index in [1.54, 1.807) is 0 Å². The van der Waals surface area contributed by atoms with Crippen LogP contribution in [0.25, 0.3) is 0 Å². The van der Waals surface area contributed by atoms with Gasteiger partial charge < -0.3 is 20.4 Å². The molecule has 0 unspecified atom stereocenters. The highest BCUT2D eigenvalue weighted by atomic mass is 16.5. The van der Waals surface area contributed by atoms with Crippen LogP contribution >= 0.6 is 0 Å². The molecular weight excluding hydrogens is 240 g/mol. The van der Waals surface area contributed by atoms with Crippen LogP contribution in [0.2, 0.25) is 0 Å². The Bertz CT molecular complexity index is 306. The highest BCUT2D eigenvalue weighted by Gasteiger charge is 2.30. The minimum atomic E-state index is -2.26. The summed E-state index contributed by atoms with van der Waals surface area (Å²) in [4.78, 5) is 19.6. The molecule has 6 heteroatoms. The molecule has 0 aliphatic carbocycles. The lowest BCUT2D eigenvalue weighted by molar-refractivity contribution is -0.156. The van der Waals surface area contributed by atoms with Gasteiger partial charge in [-0.15, -0.1) is 0 Å². The molecule has 0 aromatic carbocycles. The minimum Gasteiger partial charge on any atom is -0.478 e. The van der Waals surface area contributed by atoms with Crippen molar-refractivity contribution in [2.75, 3.05) is 0 Å². The van der Waals surface area contributed by atoms with Crippen LogP contribution in [-0.2, 0) is 9.59 Å². The van der Waals surface area contributed by atoms with Gasteiger partial charge in [-0.05, 0) is 6.42 Å². The van der Waals surface area contributed by atoms with Crippen LogP contribution in [0.1, 0.15) is 32.6 Å². The van der Waals surface area contributed by atoms with Crippen LogP contribution < -0.4 is 0 Å². The van der Waals surface area contributed by atoms with Crippen molar-refractivity contribution in [3.8, 4) is 0 Å². The van der Waals surface area contributed by atoms with E-state index in [-0.39, 0.29) is 6.42 Å². The molecule has 0 radical (unpaired) electrons. The Morgan fingerprint density at radius 2 is 1.67 bits per heavy atom. The van der Waals surface area contributed by atoms with E-state index in [4.69, 9.17) is 10.2 Å². The predicted octanol–water partition coefficient (Wildman–Crippen LogP) is 1.15. The monoisotopic (exact) mass is 260 g/mol. The fourth-order valence-corrected chi connectivity index (χ4v) is 0.944. The largest absolute Gasteiger partial charge is 0.478 e. The van der Waals surface area contributed by atoms with Crippen molar-refractivity contribution in [1.82, 2.24) is 0 Å². The van der Waals surface area contributed by atoms with E-state index < -0.39 is 23.3 Å². The van der Waals surface area contributed by atoms with E-state index in [1.165, 1.54) is 0 Å². The summed E-state index contributed by atoms with van der Waals surface area (Å²) in [7, 11) is 0. The molecular formula is C12H20O6. The maximum absolute atomic E-state index is 10.4. The number of carbonyl (C=O) groups is 2. The van der Waals surface area contributed by atoms with E-state index in [9.17, 15) is 19.8 Å². The molecule has 0 aliphatic rings. The van der Waals surface area contributed by atoms with Gasteiger partial charge >= 0.3 is 11.9 Å². The maximum Gasteiger partial charge on any atom is 0.336 e. The summed E-state index contributed by atoms with van der Waals surface area (Å²) < 4.78 is 0. The SMILES string of the molecule is C=C(C(=O)O)C(O)(O)CCCCC.C=CC(=O)O. The second-order valence-electron chi connectivity index (χ2n) is 3.60. The van der Waals surface area contributed by atoms with Crippen LogP contribution in [0.3, 0.4) is 0 Å². The van der Waals surface area contributed by atoms with Gasteiger partial charge in [0.1, 0.15) is 0 Å². The maximum atomic E-state index is 10.4. The van der Waals surface area contributed by atoms with Crippen molar-refractivity contribution in [3.05, 3.63) is 24.8 Å². The minimum absolute atomic E-state index is 0.0198. The Hall–Kier alpha value is -1.66. The lowest BCUT2D eigenvalue weighted by atomic mass is 10.0. The predicted molar refractivity (Wildman–Crippen MR) is 65.9 cm³/mol. The average Bonchev–Trinajstić information content (AvgIpc) is 2.28. The van der Waals surface area contributed by atoms with Crippen molar-refractivity contribution in [1.29, 1.82) is 0 Å². The van der Waals surface area contributed by atoms with E-state index in [1.807, 2.05) is 6.92 Å². The molecule has 0 saturated carbocycles. The zero-order valence-corrected chi connectivity index (χ0v) is 10.4. The molecule has 0 fully saturated rings. The normalized spacial score (nSPS) is 9.94. The molecule has 0 saturated heterocycles. The number of aliphatic carboxylic acids is 2. The number of unbranched alkanes of at least 4 members (excludes halogenated alkanes) is 2. The molecule has 6 nitrogen and oxygen atoms in total. The van der Waals surface area contributed by atoms with Crippen molar-refractivity contribution in [2.45, 2.75) is 38.4 Å². The molecule has 0 aliphatic heterocycles. The van der Waals surface area contributed by atoms with Crippen LogP contribution in [0.5, 0.6) is 0 Å². The number of hydrogen-bond acceptors (Lipinski definition) is 4. The summed E-state index contributed by atoms with van der Waals surface area (Å²) in [6.07, 6.45) is 3.22. The van der Waals surface area contributed by atoms with E-state index >= 15 is 0 Å².